The summed E-state index contributed by atoms with van der Waals surface area (Å²) in [5, 5.41) is 10.7. The van der Waals surface area contributed by atoms with E-state index in [0.29, 0.717) is 17.3 Å². The first-order valence-electron chi connectivity index (χ1n) is 8.11. The van der Waals surface area contributed by atoms with Gasteiger partial charge in [0.2, 0.25) is 0 Å². The molecule has 1 saturated carbocycles. The van der Waals surface area contributed by atoms with Crippen molar-refractivity contribution in [1.82, 2.24) is 10.6 Å². The van der Waals surface area contributed by atoms with E-state index in [1.807, 2.05) is 18.4 Å². The molecule has 2 aromatic rings. The maximum atomic E-state index is 12.3. The van der Waals surface area contributed by atoms with Gasteiger partial charge in [-0.2, -0.15) is 0 Å². The summed E-state index contributed by atoms with van der Waals surface area (Å²) in [4.78, 5) is 25.2. The molecule has 1 aromatic carbocycles. The van der Waals surface area contributed by atoms with Crippen LogP contribution in [-0.4, -0.2) is 24.0 Å². The number of carbonyl (C=O) groups is 2. The maximum absolute atomic E-state index is 12.3. The highest BCUT2D eigenvalue weighted by molar-refractivity contribution is 7.09. The molecule has 0 unspecified atom stereocenters. The predicted octanol–water partition coefficient (Wildman–Crippen LogP) is 3.39. The largest absolute Gasteiger partial charge is 0.349 e. The van der Waals surface area contributed by atoms with Crippen LogP contribution < -0.4 is 16.0 Å². The fourth-order valence-corrected chi connectivity index (χ4v) is 3.21. The average molecular weight is 343 g/mol. The van der Waals surface area contributed by atoms with Gasteiger partial charge in [0.1, 0.15) is 0 Å². The van der Waals surface area contributed by atoms with Crippen molar-refractivity contribution in [2.75, 3.05) is 5.32 Å². The van der Waals surface area contributed by atoms with Crippen LogP contribution in [0.25, 0.3) is 0 Å². The lowest BCUT2D eigenvalue weighted by Crippen LogP contribution is -2.34. The first-order chi connectivity index (χ1) is 11.6. The second kappa shape index (κ2) is 7.49. The van der Waals surface area contributed by atoms with Gasteiger partial charge >= 0.3 is 6.03 Å². The lowest BCUT2D eigenvalue weighted by Gasteiger charge is -2.13. The molecular formula is C18H21N3O2S. The van der Waals surface area contributed by atoms with Gasteiger partial charge in [-0.3, -0.25) is 4.79 Å². The van der Waals surface area contributed by atoms with E-state index in [1.165, 1.54) is 4.88 Å². The number of hydrogen-bond acceptors (Lipinski definition) is 3. The molecule has 0 aliphatic heterocycles. The van der Waals surface area contributed by atoms with Gasteiger partial charge in [-0.05, 0) is 55.5 Å². The van der Waals surface area contributed by atoms with Crippen LogP contribution in [0.15, 0.2) is 41.8 Å². The van der Waals surface area contributed by atoms with Crippen LogP contribution >= 0.6 is 11.3 Å². The Balaban J connectivity index is 1.50. The number of hydrogen-bond donors (Lipinski definition) is 3. The van der Waals surface area contributed by atoms with Crippen molar-refractivity contribution in [2.24, 2.45) is 0 Å². The molecule has 0 spiro atoms. The fourth-order valence-electron chi connectivity index (χ4n) is 2.37. The Kier molecular flexibility index (Phi) is 5.15. The van der Waals surface area contributed by atoms with E-state index in [1.54, 1.807) is 35.6 Å². The van der Waals surface area contributed by atoms with Crippen molar-refractivity contribution in [3.8, 4) is 0 Å². The Hall–Kier alpha value is -2.34. The average Bonchev–Trinajstić information content (AvgIpc) is 3.20. The molecule has 0 saturated heterocycles. The van der Waals surface area contributed by atoms with Gasteiger partial charge in [-0.25, -0.2) is 4.79 Å². The first kappa shape index (κ1) is 16.5. The van der Waals surface area contributed by atoms with E-state index in [0.717, 1.165) is 19.3 Å². The van der Waals surface area contributed by atoms with Gasteiger partial charge in [-0.1, -0.05) is 6.07 Å². The molecule has 1 atom stereocenters. The van der Waals surface area contributed by atoms with Crippen LogP contribution in [0.5, 0.6) is 0 Å². The quantitative estimate of drug-likeness (QED) is 0.752. The topological polar surface area (TPSA) is 70.2 Å². The van der Waals surface area contributed by atoms with Crippen LogP contribution in [0.1, 0.15) is 35.0 Å². The van der Waals surface area contributed by atoms with Gasteiger partial charge in [0.25, 0.3) is 5.91 Å². The summed E-state index contributed by atoms with van der Waals surface area (Å²) in [6.07, 6.45) is 2.93. The van der Waals surface area contributed by atoms with Crippen molar-refractivity contribution in [1.29, 1.82) is 0 Å². The number of thiophene rings is 1. The van der Waals surface area contributed by atoms with Crippen molar-refractivity contribution in [3.05, 3.63) is 52.2 Å². The molecule has 3 N–H and O–H groups in total. The second-order valence-electron chi connectivity index (χ2n) is 6.11. The highest BCUT2D eigenvalue weighted by Crippen LogP contribution is 2.19. The molecule has 1 aliphatic rings. The minimum absolute atomic E-state index is 0.0678. The molecule has 24 heavy (non-hydrogen) atoms. The van der Waals surface area contributed by atoms with Crippen LogP contribution in [0.3, 0.4) is 0 Å². The van der Waals surface area contributed by atoms with Crippen LogP contribution in [0.4, 0.5) is 10.5 Å². The van der Waals surface area contributed by atoms with Crippen molar-refractivity contribution < 1.29 is 9.59 Å². The smallest absolute Gasteiger partial charge is 0.319 e. The van der Waals surface area contributed by atoms with E-state index < -0.39 is 0 Å². The Labute approximate surface area is 145 Å². The normalized spacial score (nSPS) is 14.7. The fraction of sp³-hybridized carbons (Fsp3) is 0.333. The molecule has 0 radical (unpaired) electrons. The predicted molar refractivity (Wildman–Crippen MR) is 96.6 cm³/mol. The minimum atomic E-state index is -0.195. The van der Waals surface area contributed by atoms with E-state index in [4.69, 9.17) is 0 Å². The SMILES string of the molecule is C[C@H](Cc1cccs1)NC(=O)c1ccc(NC(=O)NC2CC2)cc1. The standard InChI is InChI=1S/C18H21N3O2S/c1-12(11-16-3-2-10-24-16)19-17(22)13-4-6-14(7-5-13)20-18(23)21-15-8-9-15/h2-7,10,12,15H,8-9,11H2,1H3,(H,19,22)(H2,20,21,23)/t12-/m1/s1. The summed E-state index contributed by atoms with van der Waals surface area (Å²) >= 11 is 1.69. The van der Waals surface area contributed by atoms with Gasteiger partial charge in [0, 0.05) is 34.6 Å². The summed E-state index contributed by atoms with van der Waals surface area (Å²) < 4.78 is 0. The Morgan fingerprint density at radius 3 is 2.58 bits per heavy atom. The summed E-state index contributed by atoms with van der Waals surface area (Å²) in [6, 6.07) is 11.2. The van der Waals surface area contributed by atoms with Crippen molar-refractivity contribution in [2.45, 2.75) is 38.3 Å². The molecule has 1 aromatic heterocycles. The summed E-state index contributed by atoms with van der Waals surface area (Å²) in [7, 11) is 0. The number of anilines is 1. The summed E-state index contributed by atoms with van der Waals surface area (Å²) in [5.74, 6) is -0.104. The molecule has 1 aliphatic carbocycles. The van der Waals surface area contributed by atoms with E-state index in [-0.39, 0.29) is 18.0 Å². The number of benzene rings is 1. The molecule has 1 heterocycles. The lowest BCUT2D eigenvalue weighted by molar-refractivity contribution is 0.0940. The Morgan fingerprint density at radius 2 is 1.96 bits per heavy atom. The van der Waals surface area contributed by atoms with E-state index >= 15 is 0 Å². The Morgan fingerprint density at radius 1 is 1.21 bits per heavy atom. The molecule has 126 valence electrons. The number of rotatable bonds is 6. The molecule has 1 fully saturated rings. The van der Waals surface area contributed by atoms with Crippen LogP contribution in [0.2, 0.25) is 0 Å². The molecule has 3 rings (SSSR count). The lowest BCUT2D eigenvalue weighted by atomic mass is 10.1. The van der Waals surface area contributed by atoms with E-state index in [9.17, 15) is 9.59 Å². The molecule has 6 heteroatoms. The van der Waals surface area contributed by atoms with Crippen molar-refractivity contribution >= 4 is 29.0 Å². The molecule has 3 amide bonds. The third-order valence-corrected chi connectivity index (χ3v) is 4.68. The van der Waals surface area contributed by atoms with Crippen molar-refractivity contribution in [3.63, 3.8) is 0 Å². The third kappa shape index (κ3) is 4.83. The molecule has 5 nitrogen and oxygen atoms in total. The minimum Gasteiger partial charge on any atom is -0.349 e. The highest BCUT2D eigenvalue weighted by atomic mass is 32.1. The van der Waals surface area contributed by atoms with Gasteiger partial charge in [0.15, 0.2) is 0 Å². The second-order valence-corrected chi connectivity index (χ2v) is 7.14. The number of carbonyl (C=O) groups excluding carboxylic acids is 2. The van der Waals surface area contributed by atoms with Gasteiger partial charge in [0.05, 0.1) is 0 Å². The maximum Gasteiger partial charge on any atom is 0.319 e. The number of nitrogens with one attached hydrogen (secondary N) is 3. The first-order valence-corrected chi connectivity index (χ1v) is 8.99. The van der Waals surface area contributed by atoms with Gasteiger partial charge < -0.3 is 16.0 Å². The monoisotopic (exact) mass is 343 g/mol. The van der Waals surface area contributed by atoms with Crippen LogP contribution in [0, 0.1) is 0 Å². The zero-order chi connectivity index (χ0) is 16.9. The molecular weight excluding hydrogens is 322 g/mol. The van der Waals surface area contributed by atoms with Crippen LogP contribution in [-0.2, 0) is 6.42 Å². The number of amides is 3. The Bertz CT molecular complexity index is 694. The zero-order valence-corrected chi connectivity index (χ0v) is 14.4. The van der Waals surface area contributed by atoms with Gasteiger partial charge in [-0.15, -0.1) is 11.3 Å². The highest BCUT2D eigenvalue weighted by Gasteiger charge is 2.23. The zero-order valence-electron chi connectivity index (χ0n) is 13.5. The van der Waals surface area contributed by atoms with E-state index in [2.05, 4.69) is 22.0 Å². The molecule has 0 bridgehead atoms. The summed E-state index contributed by atoms with van der Waals surface area (Å²) in [5.41, 5.74) is 1.26. The number of urea groups is 1. The third-order valence-electron chi connectivity index (χ3n) is 3.78. The summed E-state index contributed by atoms with van der Waals surface area (Å²) in [6.45, 7) is 2.00.